The lowest BCUT2D eigenvalue weighted by Gasteiger charge is -2.32. The first-order valence-corrected chi connectivity index (χ1v) is 8.61. The maximum atomic E-state index is 12.4. The normalized spacial score (nSPS) is 16.8. The molecule has 0 bridgehead atoms. The van der Waals surface area contributed by atoms with Crippen molar-refractivity contribution in [2.75, 3.05) is 27.2 Å². The van der Waals surface area contributed by atoms with Gasteiger partial charge >= 0.3 is 0 Å². The molecule has 0 spiro atoms. The van der Waals surface area contributed by atoms with Crippen molar-refractivity contribution in [3.8, 4) is 17.1 Å². The molecule has 3 rings (SSSR count). The number of ether oxygens (including phenoxy) is 1. The van der Waals surface area contributed by atoms with E-state index in [1.165, 1.54) is 0 Å². The monoisotopic (exact) mass is 380 g/mol. The molecular weight excluding hydrogens is 356 g/mol. The molecule has 142 valence electrons. The van der Waals surface area contributed by atoms with Crippen molar-refractivity contribution in [2.45, 2.75) is 31.7 Å². The Morgan fingerprint density at radius 3 is 2.85 bits per heavy atom. The average molecular weight is 381 g/mol. The molecule has 1 aromatic heterocycles. The number of carbonyl (C=O) groups excluding carboxylic acids is 1. The first kappa shape index (κ1) is 20.2. The molecule has 26 heavy (non-hydrogen) atoms. The summed E-state index contributed by atoms with van der Waals surface area (Å²) in [5.74, 6) is 1.93. The maximum absolute atomic E-state index is 12.4. The summed E-state index contributed by atoms with van der Waals surface area (Å²) >= 11 is 0. The summed E-state index contributed by atoms with van der Waals surface area (Å²) in [6, 6.07) is 7.85. The molecule has 1 aliphatic heterocycles. The number of benzene rings is 1. The van der Waals surface area contributed by atoms with E-state index in [0.717, 1.165) is 37.2 Å². The predicted molar refractivity (Wildman–Crippen MR) is 101 cm³/mol. The molecule has 1 atom stereocenters. The van der Waals surface area contributed by atoms with Gasteiger partial charge in [-0.05, 0) is 44.2 Å². The third-order valence-corrected chi connectivity index (χ3v) is 4.55. The molecule has 0 radical (unpaired) electrons. The summed E-state index contributed by atoms with van der Waals surface area (Å²) in [5, 5.41) is 7.24. The molecule has 2 aromatic rings. The number of hydrogen-bond acceptors (Lipinski definition) is 6. The Kier molecular flexibility index (Phi) is 7.41. The number of likely N-dealkylation sites (tertiary alicyclic amines) is 1. The number of hydrogen-bond donors (Lipinski definition) is 1. The molecule has 1 unspecified atom stereocenters. The third-order valence-electron chi connectivity index (χ3n) is 4.55. The lowest BCUT2D eigenvalue weighted by Crippen LogP contribution is -2.47. The van der Waals surface area contributed by atoms with Gasteiger partial charge in [0.1, 0.15) is 5.75 Å². The van der Waals surface area contributed by atoms with Crippen LogP contribution in [0.25, 0.3) is 11.4 Å². The lowest BCUT2D eigenvalue weighted by molar-refractivity contribution is -0.132. The number of aromatic nitrogens is 2. The maximum Gasteiger partial charge on any atom is 0.227 e. The van der Waals surface area contributed by atoms with Gasteiger partial charge < -0.3 is 19.5 Å². The fourth-order valence-electron chi connectivity index (χ4n) is 3.03. The van der Waals surface area contributed by atoms with E-state index in [1.807, 2.05) is 36.2 Å². The van der Waals surface area contributed by atoms with E-state index >= 15 is 0 Å². The van der Waals surface area contributed by atoms with Crippen LogP contribution < -0.4 is 10.1 Å². The smallest absolute Gasteiger partial charge is 0.227 e. The Morgan fingerprint density at radius 1 is 1.38 bits per heavy atom. The van der Waals surface area contributed by atoms with Gasteiger partial charge in [0, 0.05) is 37.5 Å². The number of nitrogens with one attached hydrogen (secondary N) is 1. The molecule has 1 N–H and O–H groups in total. The highest BCUT2D eigenvalue weighted by Crippen LogP contribution is 2.20. The molecule has 1 saturated heterocycles. The number of piperidine rings is 1. The van der Waals surface area contributed by atoms with Crippen molar-refractivity contribution < 1.29 is 14.1 Å². The van der Waals surface area contributed by atoms with E-state index in [0.29, 0.717) is 30.6 Å². The Balaban J connectivity index is 0.00000243. The SMILES string of the molecule is CNC1CCCN(C(=O)CCc2nc(-c3ccc(OC)cc3)no2)C1.Cl. The van der Waals surface area contributed by atoms with Gasteiger partial charge in [0.15, 0.2) is 0 Å². The second kappa shape index (κ2) is 9.54. The van der Waals surface area contributed by atoms with Gasteiger partial charge in [0.25, 0.3) is 0 Å². The Morgan fingerprint density at radius 2 is 2.15 bits per heavy atom. The molecular formula is C18H25ClN4O3. The lowest BCUT2D eigenvalue weighted by atomic mass is 10.1. The standard InChI is InChI=1S/C18H24N4O3.ClH/c1-19-14-4-3-11-22(12-14)17(23)10-9-16-20-18(21-25-16)13-5-7-15(24-2)8-6-13;/h5-8,14,19H,3-4,9-12H2,1-2H3;1H. The van der Waals surface area contributed by atoms with Crippen molar-refractivity contribution in [1.29, 1.82) is 0 Å². The Bertz CT molecular complexity index is 705. The van der Waals surface area contributed by atoms with Crippen LogP contribution in [0.3, 0.4) is 0 Å². The Labute approximate surface area is 159 Å². The fourth-order valence-corrected chi connectivity index (χ4v) is 3.03. The summed E-state index contributed by atoms with van der Waals surface area (Å²) in [4.78, 5) is 18.7. The van der Waals surface area contributed by atoms with E-state index in [2.05, 4.69) is 15.5 Å². The van der Waals surface area contributed by atoms with Crippen LogP contribution in [0.4, 0.5) is 0 Å². The van der Waals surface area contributed by atoms with Crippen LogP contribution in [0.1, 0.15) is 25.2 Å². The summed E-state index contributed by atoms with van der Waals surface area (Å²) < 4.78 is 10.4. The largest absolute Gasteiger partial charge is 0.497 e. The predicted octanol–water partition coefficient (Wildman–Crippen LogP) is 2.31. The second-order valence-corrected chi connectivity index (χ2v) is 6.21. The number of amides is 1. The topological polar surface area (TPSA) is 80.5 Å². The van der Waals surface area contributed by atoms with E-state index in [9.17, 15) is 4.79 Å². The highest BCUT2D eigenvalue weighted by Gasteiger charge is 2.22. The third kappa shape index (κ3) is 4.95. The van der Waals surface area contributed by atoms with Crippen molar-refractivity contribution >= 4 is 18.3 Å². The minimum atomic E-state index is 0. The first-order valence-electron chi connectivity index (χ1n) is 8.61. The molecule has 1 aromatic carbocycles. The average Bonchev–Trinajstić information content (AvgIpc) is 3.15. The van der Waals surface area contributed by atoms with Crippen molar-refractivity contribution in [1.82, 2.24) is 20.4 Å². The summed E-state index contributed by atoms with van der Waals surface area (Å²) in [6.07, 6.45) is 3.01. The number of nitrogens with zero attached hydrogens (tertiary/aromatic N) is 3. The summed E-state index contributed by atoms with van der Waals surface area (Å²) in [6.45, 7) is 1.61. The van der Waals surface area contributed by atoms with Crippen LogP contribution in [0, 0.1) is 0 Å². The number of methoxy groups -OCH3 is 1. The number of rotatable bonds is 6. The summed E-state index contributed by atoms with van der Waals surface area (Å²) in [7, 11) is 3.57. The van der Waals surface area contributed by atoms with Crippen molar-refractivity contribution in [2.24, 2.45) is 0 Å². The van der Waals surface area contributed by atoms with Crippen molar-refractivity contribution in [3.63, 3.8) is 0 Å². The van der Waals surface area contributed by atoms with E-state index in [4.69, 9.17) is 9.26 Å². The van der Waals surface area contributed by atoms with Crippen LogP contribution in [0.5, 0.6) is 5.75 Å². The number of carbonyl (C=O) groups is 1. The zero-order valence-electron chi connectivity index (χ0n) is 15.1. The van der Waals surface area contributed by atoms with Crippen LogP contribution in [-0.4, -0.2) is 54.2 Å². The van der Waals surface area contributed by atoms with Gasteiger partial charge in [-0.2, -0.15) is 4.98 Å². The van der Waals surface area contributed by atoms with Gasteiger partial charge in [-0.1, -0.05) is 5.16 Å². The highest BCUT2D eigenvalue weighted by atomic mass is 35.5. The minimum absolute atomic E-state index is 0. The molecule has 2 heterocycles. The zero-order chi connectivity index (χ0) is 17.6. The van der Waals surface area contributed by atoms with Gasteiger partial charge in [-0.3, -0.25) is 4.79 Å². The highest BCUT2D eigenvalue weighted by molar-refractivity contribution is 5.85. The molecule has 0 saturated carbocycles. The first-order chi connectivity index (χ1) is 12.2. The summed E-state index contributed by atoms with van der Waals surface area (Å²) in [5.41, 5.74) is 0.856. The van der Waals surface area contributed by atoms with Crippen LogP contribution in [-0.2, 0) is 11.2 Å². The molecule has 1 fully saturated rings. The zero-order valence-corrected chi connectivity index (χ0v) is 15.9. The number of halogens is 1. The van der Waals surface area contributed by atoms with Gasteiger partial charge in [-0.15, -0.1) is 12.4 Å². The molecule has 1 aliphatic rings. The number of aryl methyl sites for hydroxylation is 1. The Hall–Kier alpha value is -2.12. The van der Waals surface area contributed by atoms with Crippen LogP contribution in [0.15, 0.2) is 28.8 Å². The molecule has 1 amide bonds. The second-order valence-electron chi connectivity index (χ2n) is 6.21. The van der Waals surface area contributed by atoms with Gasteiger partial charge in [-0.25, -0.2) is 0 Å². The van der Waals surface area contributed by atoms with E-state index in [1.54, 1.807) is 7.11 Å². The molecule has 0 aliphatic carbocycles. The minimum Gasteiger partial charge on any atom is -0.497 e. The van der Waals surface area contributed by atoms with Crippen molar-refractivity contribution in [3.05, 3.63) is 30.2 Å². The molecule has 8 heteroatoms. The van der Waals surface area contributed by atoms with Crippen LogP contribution >= 0.6 is 12.4 Å². The van der Waals surface area contributed by atoms with E-state index < -0.39 is 0 Å². The fraction of sp³-hybridized carbons (Fsp3) is 0.500. The number of likely N-dealkylation sites (N-methyl/N-ethyl adjacent to an activating group) is 1. The van der Waals surface area contributed by atoms with E-state index in [-0.39, 0.29) is 18.3 Å². The molecule has 7 nitrogen and oxygen atoms in total. The van der Waals surface area contributed by atoms with Crippen LogP contribution in [0.2, 0.25) is 0 Å². The quantitative estimate of drug-likeness (QED) is 0.828. The van der Waals surface area contributed by atoms with Gasteiger partial charge in [0.2, 0.25) is 17.6 Å². The van der Waals surface area contributed by atoms with Gasteiger partial charge in [0.05, 0.1) is 7.11 Å².